The van der Waals surface area contributed by atoms with Crippen LogP contribution in [-0.4, -0.2) is 39.3 Å². The number of nitrogens with two attached hydrogens (primary N) is 1. The number of nitrogens with zero attached hydrogens (tertiary/aromatic N) is 4. The number of piperidine rings is 1. The Bertz CT molecular complexity index is 357. The Morgan fingerprint density at radius 3 is 2.50 bits per heavy atom. The molecule has 1 aromatic rings. The van der Waals surface area contributed by atoms with E-state index in [2.05, 4.69) is 26.6 Å². The maximum atomic E-state index is 5.71. The van der Waals surface area contributed by atoms with Gasteiger partial charge in [-0.3, -0.25) is 4.90 Å². The van der Waals surface area contributed by atoms with Crippen molar-refractivity contribution in [3.8, 4) is 0 Å². The summed E-state index contributed by atoms with van der Waals surface area (Å²) in [4.78, 5) is 2.46. The highest BCUT2D eigenvalue weighted by Crippen LogP contribution is 2.17. The zero-order valence-electron chi connectivity index (χ0n) is 11.3. The molecule has 1 fully saturated rings. The molecule has 1 aliphatic rings. The van der Waals surface area contributed by atoms with Crippen LogP contribution in [-0.2, 0) is 13.1 Å². The lowest BCUT2D eigenvalue weighted by Gasteiger charge is -2.30. The Morgan fingerprint density at radius 2 is 1.94 bits per heavy atom. The largest absolute Gasteiger partial charge is 0.330 e. The van der Waals surface area contributed by atoms with E-state index in [4.69, 9.17) is 5.73 Å². The first-order valence-corrected chi connectivity index (χ1v) is 6.55. The molecule has 2 N–H and O–H groups in total. The quantitative estimate of drug-likeness (QED) is 0.896. The van der Waals surface area contributed by atoms with Crippen molar-refractivity contribution in [1.82, 2.24) is 19.7 Å². The van der Waals surface area contributed by atoms with Gasteiger partial charge in [0.1, 0.15) is 11.6 Å². The number of hydrogen-bond donors (Lipinski definition) is 1. The Morgan fingerprint density at radius 1 is 1.28 bits per heavy atom. The predicted molar refractivity (Wildman–Crippen MR) is 74.7 cm³/mol. The third kappa shape index (κ3) is 3.43. The molecule has 0 aliphatic carbocycles. The third-order valence-corrected chi connectivity index (χ3v) is 3.73. The summed E-state index contributed by atoms with van der Waals surface area (Å²) in [6, 6.07) is 0. The maximum absolute atomic E-state index is 5.71. The Balaban J connectivity index is 0.00000162. The predicted octanol–water partition coefficient (Wildman–Crippen LogP) is 1.20. The van der Waals surface area contributed by atoms with Crippen LogP contribution >= 0.6 is 12.4 Å². The van der Waals surface area contributed by atoms with Gasteiger partial charge in [0.15, 0.2) is 0 Å². The van der Waals surface area contributed by atoms with Crippen molar-refractivity contribution in [2.75, 3.05) is 19.6 Å². The molecule has 0 spiro atoms. The van der Waals surface area contributed by atoms with Crippen LogP contribution in [0.25, 0.3) is 0 Å². The minimum atomic E-state index is 0. The minimum Gasteiger partial charge on any atom is -0.330 e. The molecule has 0 unspecified atom stereocenters. The number of rotatable bonds is 4. The molecule has 0 radical (unpaired) electrons. The number of aromatic nitrogens is 3. The van der Waals surface area contributed by atoms with E-state index >= 15 is 0 Å². The molecule has 2 heterocycles. The van der Waals surface area contributed by atoms with Gasteiger partial charge >= 0.3 is 0 Å². The van der Waals surface area contributed by atoms with Crippen molar-refractivity contribution in [1.29, 1.82) is 0 Å². The van der Waals surface area contributed by atoms with Gasteiger partial charge in [-0.25, -0.2) is 0 Å². The lowest BCUT2D eigenvalue weighted by molar-refractivity contribution is 0.175. The molecule has 1 aromatic heterocycles. The van der Waals surface area contributed by atoms with Crippen molar-refractivity contribution in [2.45, 2.75) is 39.8 Å². The van der Waals surface area contributed by atoms with Crippen LogP contribution in [0.15, 0.2) is 0 Å². The van der Waals surface area contributed by atoms with Crippen LogP contribution in [0, 0.1) is 12.8 Å². The Labute approximate surface area is 115 Å². The third-order valence-electron chi connectivity index (χ3n) is 3.73. The summed E-state index contributed by atoms with van der Waals surface area (Å²) in [7, 11) is 0. The zero-order chi connectivity index (χ0) is 12.3. The second-order valence-corrected chi connectivity index (χ2v) is 4.86. The second kappa shape index (κ2) is 7.07. The number of hydrogen-bond acceptors (Lipinski definition) is 4. The molecule has 6 heteroatoms. The van der Waals surface area contributed by atoms with Gasteiger partial charge in [0.2, 0.25) is 0 Å². The molecule has 0 atom stereocenters. The van der Waals surface area contributed by atoms with Crippen LogP contribution in [0.4, 0.5) is 0 Å². The van der Waals surface area contributed by atoms with E-state index in [-0.39, 0.29) is 12.4 Å². The van der Waals surface area contributed by atoms with Gasteiger partial charge in [0.25, 0.3) is 0 Å². The number of halogens is 1. The minimum absolute atomic E-state index is 0. The molecule has 1 saturated heterocycles. The fourth-order valence-electron chi connectivity index (χ4n) is 2.53. The molecule has 0 saturated carbocycles. The summed E-state index contributed by atoms with van der Waals surface area (Å²) in [5.41, 5.74) is 5.71. The normalized spacial score (nSPS) is 17.7. The van der Waals surface area contributed by atoms with E-state index in [1.165, 1.54) is 12.8 Å². The van der Waals surface area contributed by atoms with Crippen LogP contribution in [0.5, 0.6) is 0 Å². The fraction of sp³-hybridized carbons (Fsp3) is 0.833. The summed E-state index contributed by atoms with van der Waals surface area (Å²) in [6.45, 7) is 9.13. The summed E-state index contributed by atoms with van der Waals surface area (Å²) < 4.78 is 2.19. The molecule has 18 heavy (non-hydrogen) atoms. The highest BCUT2D eigenvalue weighted by molar-refractivity contribution is 5.85. The standard InChI is InChI=1S/C12H23N5.ClH/c1-3-17-10(2)14-15-12(17)9-16-6-4-11(8-13)5-7-16;/h11H,3-9,13H2,1-2H3;1H. The summed E-state index contributed by atoms with van der Waals surface area (Å²) in [5, 5.41) is 8.42. The molecular formula is C12H24ClN5. The lowest BCUT2D eigenvalue weighted by atomic mass is 9.97. The van der Waals surface area contributed by atoms with Gasteiger partial charge in [-0.15, -0.1) is 22.6 Å². The average molecular weight is 274 g/mol. The average Bonchev–Trinajstić information content (AvgIpc) is 2.71. The SMILES string of the molecule is CCn1c(C)nnc1CN1CCC(CN)CC1.Cl. The van der Waals surface area contributed by atoms with Crippen molar-refractivity contribution >= 4 is 12.4 Å². The van der Waals surface area contributed by atoms with Crippen LogP contribution in [0.3, 0.4) is 0 Å². The van der Waals surface area contributed by atoms with Gasteiger partial charge < -0.3 is 10.3 Å². The van der Waals surface area contributed by atoms with Crippen molar-refractivity contribution in [2.24, 2.45) is 11.7 Å². The van der Waals surface area contributed by atoms with E-state index in [0.29, 0.717) is 0 Å². The summed E-state index contributed by atoms with van der Waals surface area (Å²) >= 11 is 0. The van der Waals surface area contributed by atoms with E-state index < -0.39 is 0 Å². The smallest absolute Gasteiger partial charge is 0.147 e. The molecule has 0 aromatic carbocycles. The number of aryl methyl sites for hydroxylation is 1. The lowest BCUT2D eigenvalue weighted by Crippen LogP contribution is -2.36. The molecule has 0 amide bonds. The molecule has 0 bridgehead atoms. The molecule has 1 aliphatic heterocycles. The zero-order valence-corrected chi connectivity index (χ0v) is 12.1. The van der Waals surface area contributed by atoms with Gasteiger partial charge in [-0.1, -0.05) is 0 Å². The van der Waals surface area contributed by atoms with Crippen molar-refractivity contribution < 1.29 is 0 Å². The monoisotopic (exact) mass is 273 g/mol. The van der Waals surface area contributed by atoms with E-state index in [9.17, 15) is 0 Å². The molecular weight excluding hydrogens is 250 g/mol. The first-order valence-electron chi connectivity index (χ1n) is 6.55. The van der Waals surface area contributed by atoms with E-state index in [1.807, 2.05) is 6.92 Å². The first kappa shape index (κ1) is 15.4. The maximum Gasteiger partial charge on any atom is 0.147 e. The highest BCUT2D eigenvalue weighted by atomic mass is 35.5. The Kier molecular flexibility index (Phi) is 6.05. The van der Waals surface area contributed by atoms with Crippen molar-refractivity contribution in [3.05, 3.63) is 11.6 Å². The summed E-state index contributed by atoms with van der Waals surface area (Å²) in [5.74, 6) is 2.83. The van der Waals surface area contributed by atoms with Gasteiger partial charge in [-0.05, 0) is 52.2 Å². The van der Waals surface area contributed by atoms with Gasteiger partial charge in [0, 0.05) is 6.54 Å². The molecule has 5 nitrogen and oxygen atoms in total. The van der Waals surface area contributed by atoms with Crippen LogP contribution in [0.2, 0.25) is 0 Å². The van der Waals surface area contributed by atoms with Gasteiger partial charge in [-0.2, -0.15) is 0 Å². The van der Waals surface area contributed by atoms with Crippen molar-refractivity contribution in [3.63, 3.8) is 0 Å². The van der Waals surface area contributed by atoms with E-state index in [0.717, 1.165) is 50.3 Å². The fourth-order valence-corrected chi connectivity index (χ4v) is 2.53. The second-order valence-electron chi connectivity index (χ2n) is 4.86. The Hall–Kier alpha value is -0.650. The van der Waals surface area contributed by atoms with E-state index in [1.54, 1.807) is 0 Å². The van der Waals surface area contributed by atoms with Gasteiger partial charge in [0.05, 0.1) is 6.54 Å². The summed E-state index contributed by atoms with van der Waals surface area (Å²) in [6.07, 6.45) is 2.44. The highest BCUT2D eigenvalue weighted by Gasteiger charge is 2.19. The topological polar surface area (TPSA) is 60.0 Å². The molecule has 2 rings (SSSR count). The van der Waals surface area contributed by atoms with Crippen LogP contribution < -0.4 is 5.73 Å². The number of likely N-dealkylation sites (tertiary alicyclic amines) is 1. The first-order chi connectivity index (χ1) is 8.24. The molecule has 104 valence electrons. The van der Waals surface area contributed by atoms with Crippen LogP contribution in [0.1, 0.15) is 31.4 Å².